The van der Waals surface area contributed by atoms with Crippen LogP contribution in [-0.2, 0) is 9.59 Å². The van der Waals surface area contributed by atoms with E-state index in [-0.39, 0.29) is 12.5 Å². The molecule has 0 aromatic heterocycles. The van der Waals surface area contributed by atoms with Crippen molar-refractivity contribution in [3.05, 3.63) is 35.9 Å². The van der Waals surface area contributed by atoms with Crippen LogP contribution in [0.25, 0.3) is 0 Å². The molecule has 1 heterocycles. The Kier molecular flexibility index (Phi) is 4.31. The first-order chi connectivity index (χ1) is 9.56. The summed E-state index contributed by atoms with van der Waals surface area (Å²) >= 11 is 0. The van der Waals surface area contributed by atoms with Crippen molar-refractivity contribution in [2.24, 2.45) is 5.92 Å². The number of benzene rings is 1. The van der Waals surface area contributed by atoms with Crippen LogP contribution in [0.3, 0.4) is 0 Å². The number of amides is 2. The van der Waals surface area contributed by atoms with E-state index in [1.54, 1.807) is 35.2 Å². The van der Waals surface area contributed by atoms with Crippen LogP contribution < -0.4 is 10.9 Å². The van der Waals surface area contributed by atoms with E-state index >= 15 is 0 Å². The van der Waals surface area contributed by atoms with Gasteiger partial charge in [0.05, 0.1) is 12.5 Å². The van der Waals surface area contributed by atoms with E-state index in [0.29, 0.717) is 18.7 Å². The molecule has 0 atom stereocenters. The highest BCUT2D eigenvalue weighted by molar-refractivity contribution is 5.95. The maximum absolute atomic E-state index is 11.6. The summed E-state index contributed by atoms with van der Waals surface area (Å²) in [5, 5.41) is 8.70. The standard InChI is InChI=1S/C13H15N3O4/c17-11(8-16-6-10(7-16)13(19)20)14-15-12(18)9-4-2-1-3-5-9/h1-5,10H,6-8H2,(H,14,17)(H,15,18)(H,19,20). The van der Waals surface area contributed by atoms with Crippen molar-refractivity contribution in [2.75, 3.05) is 19.6 Å². The van der Waals surface area contributed by atoms with Gasteiger partial charge in [-0.15, -0.1) is 0 Å². The Morgan fingerprint density at radius 2 is 1.80 bits per heavy atom. The molecule has 1 aromatic carbocycles. The molecular weight excluding hydrogens is 262 g/mol. The van der Waals surface area contributed by atoms with Crippen LogP contribution in [0.4, 0.5) is 0 Å². The molecule has 0 unspecified atom stereocenters. The van der Waals surface area contributed by atoms with Crippen molar-refractivity contribution in [2.45, 2.75) is 0 Å². The van der Waals surface area contributed by atoms with Gasteiger partial charge in [0.25, 0.3) is 11.8 Å². The lowest BCUT2D eigenvalue weighted by Crippen LogP contribution is -2.55. The third-order valence-corrected chi connectivity index (χ3v) is 3.03. The molecule has 0 saturated carbocycles. The van der Waals surface area contributed by atoms with Gasteiger partial charge in [-0.25, -0.2) is 0 Å². The molecule has 2 rings (SSSR count). The van der Waals surface area contributed by atoms with E-state index in [1.165, 1.54) is 0 Å². The maximum Gasteiger partial charge on any atom is 0.309 e. The largest absolute Gasteiger partial charge is 0.481 e. The second-order valence-corrected chi connectivity index (χ2v) is 4.60. The van der Waals surface area contributed by atoms with Gasteiger partial charge >= 0.3 is 5.97 Å². The molecule has 0 spiro atoms. The minimum Gasteiger partial charge on any atom is -0.481 e. The van der Waals surface area contributed by atoms with Crippen molar-refractivity contribution in [1.29, 1.82) is 0 Å². The zero-order valence-corrected chi connectivity index (χ0v) is 10.7. The van der Waals surface area contributed by atoms with Gasteiger partial charge in [0.2, 0.25) is 0 Å². The molecule has 20 heavy (non-hydrogen) atoms. The van der Waals surface area contributed by atoms with Gasteiger partial charge in [0.1, 0.15) is 0 Å². The number of nitrogens with zero attached hydrogens (tertiary/aromatic N) is 1. The first-order valence-corrected chi connectivity index (χ1v) is 6.15. The number of carbonyl (C=O) groups excluding carboxylic acids is 2. The van der Waals surface area contributed by atoms with Gasteiger partial charge in [-0.05, 0) is 12.1 Å². The normalized spacial score (nSPS) is 15.2. The van der Waals surface area contributed by atoms with Crippen LogP contribution in [-0.4, -0.2) is 47.4 Å². The first kappa shape index (κ1) is 14.0. The fourth-order valence-corrected chi connectivity index (χ4v) is 1.89. The highest BCUT2D eigenvalue weighted by Gasteiger charge is 2.33. The number of likely N-dealkylation sites (tertiary alicyclic amines) is 1. The summed E-state index contributed by atoms with van der Waals surface area (Å²) in [6.45, 7) is 0.781. The molecule has 0 radical (unpaired) electrons. The second kappa shape index (κ2) is 6.16. The minimum absolute atomic E-state index is 0.0683. The van der Waals surface area contributed by atoms with Gasteiger partial charge in [0, 0.05) is 18.7 Å². The molecule has 1 fully saturated rings. The predicted molar refractivity (Wildman–Crippen MR) is 69.6 cm³/mol. The molecule has 7 heteroatoms. The van der Waals surface area contributed by atoms with Gasteiger partial charge in [-0.2, -0.15) is 0 Å². The van der Waals surface area contributed by atoms with E-state index in [0.717, 1.165) is 0 Å². The number of hydrazine groups is 1. The molecular formula is C13H15N3O4. The summed E-state index contributed by atoms with van der Waals surface area (Å²) in [6, 6.07) is 8.51. The zero-order chi connectivity index (χ0) is 14.5. The lowest BCUT2D eigenvalue weighted by Gasteiger charge is -2.35. The van der Waals surface area contributed by atoms with Crippen molar-refractivity contribution >= 4 is 17.8 Å². The van der Waals surface area contributed by atoms with Crippen LogP contribution >= 0.6 is 0 Å². The molecule has 1 aliphatic heterocycles. The van der Waals surface area contributed by atoms with E-state index in [4.69, 9.17) is 5.11 Å². The van der Waals surface area contributed by atoms with Crippen molar-refractivity contribution in [1.82, 2.24) is 15.8 Å². The molecule has 1 aliphatic rings. The fourth-order valence-electron chi connectivity index (χ4n) is 1.89. The smallest absolute Gasteiger partial charge is 0.309 e. The fraction of sp³-hybridized carbons (Fsp3) is 0.308. The Bertz CT molecular complexity index is 512. The highest BCUT2D eigenvalue weighted by Crippen LogP contribution is 2.14. The molecule has 3 N–H and O–H groups in total. The molecule has 106 valence electrons. The van der Waals surface area contributed by atoms with Gasteiger partial charge in [0.15, 0.2) is 0 Å². The molecule has 1 saturated heterocycles. The molecule has 2 amide bonds. The maximum atomic E-state index is 11.6. The van der Waals surface area contributed by atoms with Crippen molar-refractivity contribution in [3.8, 4) is 0 Å². The van der Waals surface area contributed by atoms with Gasteiger partial charge in [-0.1, -0.05) is 18.2 Å². The summed E-state index contributed by atoms with van der Waals surface area (Å²) < 4.78 is 0. The number of carboxylic acid groups (broad SMARTS) is 1. The Hall–Kier alpha value is -2.41. The SMILES string of the molecule is O=C(CN1CC(C(=O)O)C1)NNC(=O)c1ccccc1. The molecule has 1 aromatic rings. The average Bonchev–Trinajstić information content (AvgIpc) is 2.40. The lowest BCUT2D eigenvalue weighted by atomic mass is 10.0. The zero-order valence-electron chi connectivity index (χ0n) is 10.7. The van der Waals surface area contributed by atoms with Crippen molar-refractivity contribution < 1.29 is 19.5 Å². The Morgan fingerprint density at radius 1 is 1.15 bits per heavy atom. The van der Waals surface area contributed by atoms with Gasteiger partial charge < -0.3 is 5.11 Å². The Morgan fingerprint density at radius 3 is 2.40 bits per heavy atom. The van der Waals surface area contributed by atoms with E-state index < -0.39 is 17.8 Å². The number of hydrogen-bond acceptors (Lipinski definition) is 4. The predicted octanol–water partition coefficient (Wildman–Crippen LogP) is -0.536. The quantitative estimate of drug-likeness (QED) is 0.642. The Labute approximate surface area is 115 Å². The van der Waals surface area contributed by atoms with Crippen LogP contribution in [0.15, 0.2) is 30.3 Å². The molecule has 7 nitrogen and oxygen atoms in total. The first-order valence-electron chi connectivity index (χ1n) is 6.15. The summed E-state index contributed by atoms with van der Waals surface area (Å²) in [4.78, 5) is 35.5. The van der Waals surface area contributed by atoms with E-state index in [1.807, 2.05) is 0 Å². The summed E-state index contributed by atoms with van der Waals surface area (Å²) in [5.41, 5.74) is 5.05. The lowest BCUT2D eigenvalue weighted by molar-refractivity contribution is -0.148. The van der Waals surface area contributed by atoms with Gasteiger partial charge in [-0.3, -0.25) is 30.1 Å². The monoisotopic (exact) mass is 277 g/mol. The van der Waals surface area contributed by atoms with E-state index in [2.05, 4.69) is 10.9 Å². The number of aliphatic carboxylic acids is 1. The summed E-state index contributed by atoms with van der Waals surface area (Å²) in [5.74, 6) is -2.02. The Balaban J connectivity index is 1.69. The number of carbonyl (C=O) groups is 3. The highest BCUT2D eigenvalue weighted by atomic mass is 16.4. The van der Waals surface area contributed by atoms with Crippen LogP contribution in [0.5, 0.6) is 0 Å². The van der Waals surface area contributed by atoms with E-state index in [9.17, 15) is 14.4 Å². The topological polar surface area (TPSA) is 98.7 Å². The molecule has 0 aliphatic carbocycles. The number of hydrogen-bond donors (Lipinski definition) is 3. The van der Waals surface area contributed by atoms with Crippen LogP contribution in [0, 0.1) is 5.92 Å². The molecule has 0 bridgehead atoms. The number of rotatable bonds is 4. The third kappa shape index (κ3) is 3.55. The number of carboxylic acids is 1. The summed E-state index contributed by atoms with van der Waals surface area (Å²) in [6.07, 6.45) is 0. The average molecular weight is 277 g/mol. The van der Waals surface area contributed by atoms with Crippen LogP contribution in [0.1, 0.15) is 10.4 Å². The summed E-state index contributed by atoms with van der Waals surface area (Å²) in [7, 11) is 0. The van der Waals surface area contributed by atoms with Crippen LogP contribution in [0.2, 0.25) is 0 Å². The van der Waals surface area contributed by atoms with Crippen molar-refractivity contribution in [3.63, 3.8) is 0 Å². The second-order valence-electron chi connectivity index (χ2n) is 4.60. The minimum atomic E-state index is -0.848. The third-order valence-electron chi connectivity index (χ3n) is 3.03. The number of nitrogens with one attached hydrogen (secondary N) is 2.